The molecule has 14 heavy (non-hydrogen) atoms. The lowest BCUT2D eigenvalue weighted by Crippen LogP contribution is -2.24. The van der Waals surface area contributed by atoms with E-state index in [0.717, 1.165) is 6.54 Å². The minimum atomic E-state index is -0.562. The largest absolute Gasteiger partial charge is 0.395 e. The maximum atomic E-state index is 9.81. The Kier molecular flexibility index (Phi) is 13.3. The average Bonchev–Trinajstić information content (AvgIpc) is 2.04. The summed E-state index contributed by atoms with van der Waals surface area (Å²) in [5, 5.41) is 11.1. The highest BCUT2D eigenvalue weighted by atomic mass is 16.6. The molecule has 0 fully saturated rings. The highest BCUT2D eigenvalue weighted by Gasteiger charge is 1.93. The summed E-state index contributed by atoms with van der Waals surface area (Å²) >= 11 is 0. The number of aliphatic hydroxyl groups excluding tert-OH is 1. The van der Waals surface area contributed by atoms with Crippen molar-refractivity contribution >= 4 is 11.9 Å². The molecule has 0 saturated carbocycles. The molecule has 0 aromatic rings. The number of nitrogens with two attached hydrogens (primary N) is 1. The molecule has 0 saturated heterocycles. The summed E-state index contributed by atoms with van der Waals surface area (Å²) in [6.45, 7) is 4.64. The first-order valence-electron chi connectivity index (χ1n) is 4.25. The minimum absolute atomic E-state index is 0.194. The molecule has 0 heterocycles. The van der Waals surface area contributed by atoms with Crippen LogP contribution in [0.25, 0.3) is 0 Å². The fourth-order valence-corrected chi connectivity index (χ4v) is 0.509. The minimum Gasteiger partial charge on any atom is -0.395 e. The number of rotatable bonds is 4. The van der Waals surface area contributed by atoms with Gasteiger partial charge >= 0.3 is 11.9 Å². The molecule has 6 nitrogen and oxygen atoms in total. The van der Waals surface area contributed by atoms with E-state index in [-0.39, 0.29) is 6.61 Å². The van der Waals surface area contributed by atoms with Gasteiger partial charge in [0.05, 0.1) is 6.61 Å². The van der Waals surface area contributed by atoms with E-state index in [4.69, 9.17) is 10.8 Å². The van der Waals surface area contributed by atoms with Crippen LogP contribution in [0.5, 0.6) is 0 Å². The van der Waals surface area contributed by atoms with Gasteiger partial charge in [0.15, 0.2) is 0 Å². The molecule has 0 aliphatic carbocycles. The van der Waals surface area contributed by atoms with Crippen molar-refractivity contribution in [2.45, 2.75) is 13.8 Å². The van der Waals surface area contributed by atoms with Crippen molar-refractivity contribution in [2.75, 3.05) is 26.2 Å². The number of carbonyl (C=O) groups excluding carboxylic acids is 2. The highest BCUT2D eigenvalue weighted by Crippen LogP contribution is 1.73. The average molecular weight is 206 g/mol. The Bertz CT molecular complexity index is 145. The first kappa shape index (κ1) is 15.5. The zero-order chi connectivity index (χ0) is 11.4. The molecule has 0 rings (SSSR count). The molecule has 0 spiro atoms. The van der Waals surface area contributed by atoms with Crippen LogP contribution < -0.4 is 11.1 Å². The molecule has 0 atom stereocenters. The Balaban J connectivity index is 0. The van der Waals surface area contributed by atoms with Crippen LogP contribution >= 0.6 is 0 Å². The second-order valence-electron chi connectivity index (χ2n) is 2.35. The van der Waals surface area contributed by atoms with Crippen molar-refractivity contribution in [1.82, 2.24) is 5.32 Å². The van der Waals surface area contributed by atoms with Gasteiger partial charge in [0.25, 0.3) is 0 Å². The number of ether oxygens (including phenoxy) is 1. The molecule has 6 heteroatoms. The van der Waals surface area contributed by atoms with E-state index >= 15 is 0 Å². The maximum absolute atomic E-state index is 9.81. The summed E-state index contributed by atoms with van der Waals surface area (Å²) < 4.78 is 3.97. The number of hydrogen-bond donors (Lipinski definition) is 3. The quantitative estimate of drug-likeness (QED) is 0.298. The normalized spacial score (nSPS) is 8.57. The van der Waals surface area contributed by atoms with E-state index < -0.39 is 11.9 Å². The van der Waals surface area contributed by atoms with E-state index in [0.29, 0.717) is 13.1 Å². The van der Waals surface area contributed by atoms with E-state index in [2.05, 4.69) is 10.1 Å². The van der Waals surface area contributed by atoms with Crippen LogP contribution in [0.15, 0.2) is 0 Å². The predicted molar refractivity (Wildman–Crippen MR) is 51.5 cm³/mol. The summed E-state index contributed by atoms with van der Waals surface area (Å²) in [5.41, 5.74) is 5.13. The van der Waals surface area contributed by atoms with Crippen molar-refractivity contribution in [3.05, 3.63) is 0 Å². The van der Waals surface area contributed by atoms with E-state index in [9.17, 15) is 9.59 Å². The highest BCUT2D eigenvalue weighted by molar-refractivity contribution is 5.82. The number of aliphatic hydroxyl groups is 1. The van der Waals surface area contributed by atoms with Gasteiger partial charge in [0.2, 0.25) is 0 Å². The third kappa shape index (κ3) is 22.5. The van der Waals surface area contributed by atoms with Crippen LogP contribution in [0, 0.1) is 0 Å². The fourth-order valence-electron chi connectivity index (χ4n) is 0.509. The smallest absolute Gasteiger partial charge is 0.310 e. The zero-order valence-corrected chi connectivity index (χ0v) is 8.58. The number of hydrogen-bond acceptors (Lipinski definition) is 6. The lowest BCUT2D eigenvalue weighted by molar-refractivity contribution is -0.156. The first-order valence-corrected chi connectivity index (χ1v) is 4.25. The molecular weight excluding hydrogens is 188 g/mol. The van der Waals surface area contributed by atoms with Crippen molar-refractivity contribution < 1.29 is 19.4 Å². The second-order valence-corrected chi connectivity index (χ2v) is 2.35. The summed E-state index contributed by atoms with van der Waals surface area (Å²) in [4.78, 5) is 19.6. The topological polar surface area (TPSA) is 102 Å². The third-order valence-corrected chi connectivity index (χ3v) is 0.897. The second kappa shape index (κ2) is 12.0. The number of carbonyl (C=O) groups is 2. The van der Waals surface area contributed by atoms with Gasteiger partial charge in [0.1, 0.15) is 0 Å². The van der Waals surface area contributed by atoms with E-state index in [1.165, 1.54) is 13.8 Å². The number of esters is 2. The molecule has 0 radical (unpaired) electrons. The first-order chi connectivity index (χ1) is 6.54. The molecule has 0 aliphatic rings. The van der Waals surface area contributed by atoms with Crippen molar-refractivity contribution in [1.29, 1.82) is 0 Å². The van der Waals surface area contributed by atoms with Crippen molar-refractivity contribution in [2.24, 2.45) is 5.73 Å². The summed E-state index contributed by atoms with van der Waals surface area (Å²) in [6.07, 6.45) is 0. The van der Waals surface area contributed by atoms with E-state index in [1.54, 1.807) is 0 Å². The Morgan fingerprint density at radius 2 is 1.79 bits per heavy atom. The summed E-state index contributed by atoms with van der Waals surface area (Å²) in [6, 6.07) is 0. The fraction of sp³-hybridized carbons (Fsp3) is 0.750. The van der Waals surface area contributed by atoms with E-state index in [1.807, 2.05) is 0 Å². The molecule has 0 aromatic carbocycles. The van der Waals surface area contributed by atoms with Crippen LogP contribution in [0.4, 0.5) is 0 Å². The van der Waals surface area contributed by atoms with Gasteiger partial charge in [-0.1, -0.05) is 0 Å². The molecule has 0 unspecified atom stereocenters. The molecule has 0 bridgehead atoms. The van der Waals surface area contributed by atoms with Crippen LogP contribution in [-0.2, 0) is 14.3 Å². The molecular formula is C8H18N2O4. The Morgan fingerprint density at radius 3 is 2.00 bits per heavy atom. The Morgan fingerprint density at radius 1 is 1.29 bits per heavy atom. The van der Waals surface area contributed by atoms with Crippen LogP contribution in [0.2, 0.25) is 0 Å². The Labute approximate surface area is 83.4 Å². The third-order valence-electron chi connectivity index (χ3n) is 0.897. The standard InChI is InChI=1S/C4H12N2O.C4H6O3/c5-1-2-6-3-4-7;1-3(5)7-4(2)6/h6-7H,1-5H2;1-2H3. The van der Waals surface area contributed by atoms with Gasteiger partial charge in [-0.2, -0.15) is 0 Å². The Hall–Kier alpha value is -0.980. The van der Waals surface area contributed by atoms with Crippen LogP contribution in [0.3, 0.4) is 0 Å². The number of nitrogens with one attached hydrogen (secondary N) is 1. The van der Waals surface area contributed by atoms with Crippen LogP contribution in [0.1, 0.15) is 13.8 Å². The lowest BCUT2D eigenvalue weighted by atomic mass is 10.6. The molecule has 0 aromatic heterocycles. The van der Waals surface area contributed by atoms with Gasteiger partial charge < -0.3 is 20.9 Å². The monoisotopic (exact) mass is 206 g/mol. The zero-order valence-electron chi connectivity index (χ0n) is 8.58. The predicted octanol–water partition coefficient (Wildman–Crippen LogP) is -1.38. The molecule has 0 aliphatic heterocycles. The van der Waals surface area contributed by atoms with Crippen molar-refractivity contribution in [3.8, 4) is 0 Å². The maximum Gasteiger partial charge on any atom is 0.310 e. The van der Waals surface area contributed by atoms with Gasteiger partial charge in [-0.05, 0) is 0 Å². The van der Waals surface area contributed by atoms with Crippen molar-refractivity contribution in [3.63, 3.8) is 0 Å². The lowest BCUT2D eigenvalue weighted by Gasteiger charge is -1.95. The molecule has 84 valence electrons. The van der Waals surface area contributed by atoms with Gasteiger partial charge in [-0.25, -0.2) is 0 Å². The van der Waals surface area contributed by atoms with Gasteiger partial charge in [0, 0.05) is 33.5 Å². The summed E-state index contributed by atoms with van der Waals surface area (Å²) in [7, 11) is 0. The molecule has 4 N–H and O–H groups in total. The SMILES string of the molecule is CC(=O)OC(C)=O.NCCNCCO. The molecule has 0 amide bonds. The summed E-state index contributed by atoms with van der Waals surface area (Å²) in [5.74, 6) is -1.12. The van der Waals surface area contributed by atoms with Gasteiger partial charge in [-0.3, -0.25) is 9.59 Å². The van der Waals surface area contributed by atoms with Crippen LogP contribution in [-0.4, -0.2) is 43.3 Å². The van der Waals surface area contributed by atoms with Gasteiger partial charge in [-0.15, -0.1) is 0 Å².